The van der Waals surface area contributed by atoms with Gasteiger partial charge in [-0.3, -0.25) is 0 Å². The highest BCUT2D eigenvalue weighted by atomic mass is 19.4. The molecule has 0 rings (SSSR count). The minimum absolute atomic E-state index is 0.199. The lowest BCUT2D eigenvalue weighted by Gasteiger charge is -2.20. The predicted octanol–water partition coefficient (Wildman–Crippen LogP) is 3.99. The van der Waals surface area contributed by atoms with E-state index < -0.39 is 29.7 Å². The second-order valence-corrected chi connectivity index (χ2v) is 2.51. The van der Waals surface area contributed by atoms with Crippen LogP contribution < -0.4 is 0 Å². The molecular formula is C6H3F9. The van der Waals surface area contributed by atoms with Crippen molar-refractivity contribution in [1.29, 1.82) is 0 Å². The Morgan fingerprint density at radius 3 is 1.33 bits per heavy atom. The molecule has 0 spiro atoms. The molecule has 0 aliphatic heterocycles. The van der Waals surface area contributed by atoms with Crippen LogP contribution in [0.5, 0.6) is 0 Å². The largest absolute Gasteiger partial charge is 0.460 e. The molecule has 0 aromatic heterocycles. The molecule has 0 unspecified atom stereocenters. The van der Waals surface area contributed by atoms with Gasteiger partial charge in [-0.25, -0.2) is 4.39 Å². The Morgan fingerprint density at radius 2 is 1.13 bits per heavy atom. The monoisotopic (exact) mass is 246 g/mol. The van der Waals surface area contributed by atoms with Crippen molar-refractivity contribution in [3.8, 4) is 0 Å². The van der Waals surface area contributed by atoms with Gasteiger partial charge in [0.2, 0.25) is 0 Å². The molecule has 0 radical (unpaired) electrons. The van der Waals surface area contributed by atoms with E-state index in [9.17, 15) is 39.5 Å². The molecule has 9 heteroatoms. The first-order valence-electron chi connectivity index (χ1n) is 3.20. The van der Waals surface area contributed by atoms with Gasteiger partial charge >= 0.3 is 18.3 Å². The summed E-state index contributed by atoms with van der Waals surface area (Å²) in [5.41, 5.74) is -2.61. The Morgan fingerprint density at radius 1 is 0.800 bits per heavy atom. The van der Waals surface area contributed by atoms with Gasteiger partial charge in [-0.05, 0) is 6.92 Å². The second kappa shape index (κ2) is 3.60. The zero-order valence-electron chi connectivity index (χ0n) is 6.90. The minimum Gasteiger partial charge on any atom is -0.204 e. The minimum atomic E-state index is -6.40. The van der Waals surface area contributed by atoms with E-state index in [0.29, 0.717) is 0 Å². The van der Waals surface area contributed by atoms with Crippen LogP contribution in [0.2, 0.25) is 0 Å². The van der Waals surface area contributed by atoms with E-state index in [-0.39, 0.29) is 6.92 Å². The van der Waals surface area contributed by atoms with Crippen LogP contribution in [0.4, 0.5) is 39.5 Å². The molecule has 0 amide bonds. The number of allylic oxidation sites excluding steroid dienone is 2. The fraction of sp³-hybridized carbons (Fsp3) is 0.667. The zero-order chi connectivity index (χ0) is 12.7. The van der Waals surface area contributed by atoms with Crippen LogP contribution >= 0.6 is 0 Å². The predicted molar refractivity (Wildman–Crippen MR) is 30.9 cm³/mol. The van der Waals surface area contributed by atoms with Crippen molar-refractivity contribution < 1.29 is 39.5 Å². The van der Waals surface area contributed by atoms with Crippen molar-refractivity contribution >= 4 is 0 Å². The summed E-state index contributed by atoms with van der Waals surface area (Å²) in [5.74, 6) is -9.67. The smallest absolute Gasteiger partial charge is 0.204 e. The number of hydrogen-bond acceptors (Lipinski definition) is 0. The average molecular weight is 246 g/mol. The molecule has 15 heavy (non-hydrogen) atoms. The highest BCUT2D eigenvalue weighted by Gasteiger charge is 2.63. The van der Waals surface area contributed by atoms with Crippen molar-refractivity contribution in [2.24, 2.45) is 0 Å². The summed E-state index contributed by atoms with van der Waals surface area (Å²) in [6, 6.07) is 0. The highest BCUT2D eigenvalue weighted by Crippen LogP contribution is 2.45. The summed E-state index contributed by atoms with van der Waals surface area (Å²) in [7, 11) is 0. The second-order valence-electron chi connectivity index (χ2n) is 2.51. The molecule has 0 fully saturated rings. The third-order valence-electron chi connectivity index (χ3n) is 1.39. The normalized spacial score (nSPS) is 16.4. The van der Waals surface area contributed by atoms with E-state index in [2.05, 4.69) is 0 Å². The van der Waals surface area contributed by atoms with Crippen LogP contribution in [0.15, 0.2) is 11.4 Å². The Balaban J connectivity index is 5.44. The highest BCUT2D eigenvalue weighted by molar-refractivity contribution is 5.19. The van der Waals surface area contributed by atoms with Gasteiger partial charge in [-0.15, -0.1) is 0 Å². The summed E-state index contributed by atoms with van der Waals surface area (Å²) in [6.45, 7) is -0.199. The third-order valence-corrected chi connectivity index (χ3v) is 1.39. The third kappa shape index (κ3) is 2.78. The molecular weight excluding hydrogens is 243 g/mol. The van der Waals surface area contributed by atoms with Crippen LogP contribution in [-0.2, 0) is 0 Å². The lowest BCUT2D eigenvalue weighted by Crippen LogP contribution is -2.38. The van der Waals surface area contributed by atoms with Crippen molar-refractivity contribution in [2.75, 3.05) is 0 Å². The Kier molecular flexibility index (Phi) is 3.39. The van der Waals surface area contributed by atoms with E-state index in [4.69, 9.17) is 0 Å². The number of halogens is 9. The van der Waals surface area contributed by atoms with E-state index in [0.717, 1.165) is 0 Å². The van der Waals surface area contributed by atoms with Crippen molar-refractivity contribution in [2.45, 2.75) is 25.2 Å². The van der Waals surface area contributed by atoms with Gasteiger partial charge < -0.3 is 0 Å². The van der Waals surface area contributed by atoms with Crippen LogP contribution in [-0.4, -0.2) is 18.3 Å². The van der Waals surface area contributed by atoms with Gasteiger partial charge in [-0.1, -0.05) is 0 Å². The van der Waals surface area contributed by atoms with Gasteiger partial charge in [-0.2, -0.15) is 35.1 Å². The standard InChI is InChI=1S/C6H3F9/c1-2(5(10,11)12)3(7)4(8,9)6(13,14)15/h1H3/b3-2-. The first-order valence-corrected chi connectivity index (χ1v) is 3.20. The zero-order valence-corrected chi connectivity index (χ0v) is 6.90. The summed E-state index contributed by atoms with van der Waals surface area (Å²) < 4.78 is 106. The first-order chi connectivity index (χ1) is 6.32. The maximum Gasteiger partial charge on any atom is 0.460 e. The molecule has 0 atom stereocenters. The molecule has 90 valence electrons. The van der Waals surface area contributed by atoms with Crippen molar-refractivity contribution in [3.05, 3.63) is 11.4 Å². The van der Waals surface area contributed by atoms with Crippen LogP contribution in [0.3, 0.4) is 0 Å². The molecule has 0 aromatic carbocycles. The fourth-order valence-electron chi connectivity index (χ4n) is 0.484. The quantitative estimate of drug-likeness (QED) is 0.613. The summed E-state index contributed by atoms with van der Waals surface area (Å²) in [6.07, 6.45) is -12.0. The van der Waals surface area contributed by atoms with Crippen LogP contribution in [0.1, 0.15) is 6.92 Å². The molecule has 0 bridgehead atoms. The average Bonchev–Trinajstić information content (AvgIpc) is 1.97. The lowest BCUT2D eigenvalue weighted by molar-refractivity contribution is -0.272. The van der Waals surface area contributed by atoms with Crippen LogP contribution in [0, 0.1) is 0 Å². The van der Waals surface area contributed by atoms with Crippen molar-refractivity contribution in [3.63, 3.8) is 0 Å². The SMILES string of the molecule is C/C(=C(/F)C(F)(F)C(F)(F)F)C(F)(F)F. The first kappa shape index (κ1) is 14.1. The molecule has 0 saturated heterocycles. The van der Waals surface area contributed by atoms with E-state index >= 15 is 0 Å². The Hall–Kier alpha value is -0.890. The van der Waals surface area contributed by atoms with E-state index in [1.165, 1.54) is 0 Å². The van der Waals surface area contributed by atoms with E-state index in [1.54, 1.807) is 0 Å². The van der Waals surface area contributed by atoms with E-state index in [1.807, 2.05) is 0 Å². The summed E-state index contributed by atoms with van der Waals surface area (Å²) in [5, 5.41) is 0. The fourth-order valence-corrected chi connectivity index (χ4v) is 0.484. The Bertz CT molecular complexity index is 265. The van der Waals surface area contributed by atoms with Crippen LogP contribution in [0.25, 0.3) is 0 Å². The lowest BCUT2D eigenvalue weighted by atomic mass is 10.1. The molecule has 0 aliphatic carbocycles. The van der Waals surface area contributed by atoms with Crippen molar-refractivity contribution in [1.82, 2.24) is 0 Å². The molecule has 0 aliphatic rings. The maximum absolute atomic E-state index is 12.3. The molecule has 0 N–H and O–H groups in total. The molecule has 0 saturated carbocycles. The summed E-state index contributed by atoms with van der Waals surface area (Å²) >= 11 is 0. The molecule has 0 heterocycles. The van der Waals surface area contributed by atoms with Gasteiger partial charge in [0.05, 0.1) is 5.57 Å². The number of alkyl halides is 8. The maximum atomic E-state index is 12.3. The topological polar surface area (TPSA) is 0 Å². The molecule has 0 aromatic rings. The molecule has 0 nitrogen and oxygen atoms in total. The van der Waals surface area contributed by atoms with Gasteiger partial charge in [0, 0.05) is 0 Å². The van der Waals surface area contributed by atoms with Gasteiger partial charge in [0.1, 0.15) is 0 Å². The number of rotatable bonds is 1. The Labute approximate surface area is 77.4 Å². The number of hydrogen-bond donors (Lipinski definition) is 0. The summed E-state index contributed by atoms with van der Waals surface area (Å²) in [4.78, 5) is 0. The van der Waals surface area contributed by atoms with Gasteiger partial charge in [0.25, 0.3) is 0 Å². The van der Waals surface area contributed by atoms with Gasteiger partial charge in [0.15, 0.2) is 5.83 Å².